The van der Waals surface area contributed by atoms with Gasteiger partial charge in [0, 0.05) is 12.1 Å². The molecule has 3 rings (SSSR count). The van der Waals surface area contributed by atoms with Crippen molar-refractivity contribution in [2.45, 2.75) is 24.5 Å². The highest BCUT2D eigenvalue weighted by Gasteiger charge is 2.32. The van der Waals surface area contributed by atoms with Crippen LogP contribution in [0, 0.1) is 11.6 Å². The van der Waals surface area contributed by atoms with Crippen LogP contribution in [-0.2, 0) is 9.84 Å². The van der Waals surface area contributed by atoms with Gasteiger partial charge in [0.1, 0.15) is 11.1 Å². The van der Waals surface area contributed by atoms with Crippen molar-refractivity contribution in [3.63, 3.8) is 0 Å². The first-order valence-corrected chi connectivity index (χ1v) is 7.75. The highest BCUT2D eigenvalue weighted by atomic mass is 32.2. The van der Waals surface area contributed by atoms with Gasteiger partial charge < -0.3 is 4.98 Å². The number of imidazole rings is 1. The van der Waals surface area contributed by atoms with Crippen LogP contribution in [0.1, 0.15) is 30.3 Å². The normalized spacial score (nSPS) is 22.7. The molecule has 1 aliphatic heterocycles. The first-order valence-electron chi connectivity index (χ1n) is 6.03. The number of benzene rings is 1. The largest absolute Gasteiger partial charge is 0.341 e. The molecule has 19 heavy (non-hydrogen) atoms. The molecule has 0 aliphatic carbocycles. The monoisotopic (exact) mass is 286 g/mol. The molecule has 0 radical (unpaired) electrons. The molecular formula is C12H12F2N2O2S. The van der Waals surface area contributed by atoms with E-state index in [2.05, 4.69) is 9.97 Å². The summed E-state index contributed by atoms with van der Waals surface area (Å²) in [5, 5.41) is -0.695. The lowest BCUT2D eigenvalue weighted by atomic mass is 10.2. The van der Waals surface area contributed by atoms with Gasteiger partial charge in [0.05, 0.1) is 16.8 Å². The Labute approximate surface area is 108 Å². The van der Waals surface area contributed by atoms with Crippen LogP contribution in [0.4, 0.5) is 8.78 Å². The van der Waals surface area contributed by atoms with Crippen LogP contribution < -0.4 is 0 Å². The third-order valence-electron chi connectivity index (χ3n) is 3.43. The van der Waals surface area contributed by atoms with Crippen molar-refractivity contribution in [1.29, 1.82) is 0 Å². The van der Waals surface area contributed by atoms with Gasteiger partial charge in [-0.3, -0.25) is 0 Å². The van der Waals surface area contributed by atoms with E-state index >= 15 is 0 Å². The first kappa shape index (κ1) is 12.5. The van der Waals surface area contributed by atoms with Crippen LogP contribution in [0.15, 0.2) is 12.1 Å². The van der Waals surface area contributed by atoms with E-state index in [0.29, 0.717) is 18.4 Å². The van der Waals surface area contributed by atoms with E-state index < -0.39 is 26.7 Å². The molecule has 7 heteroatoms. The molecule has 0 bridgehead atoms. The van der Waals surface area contributed by atoms with Crippen molar-refractivity contribution in [3.05, 3.63) is 29.6 Å². The molecule has 1 saturated heterocycles. The summed E-state index contributed by atoms with van der Waals surface area (Å²) >= 11 is 0. The zero-order chi connectivity index (χ0) is 13.6. The van der Waals surface area contributed by atoms with E-state index in [9.17, 15) is 17.2 Å². The number of hydrogen-bond donors (Lipinski definition) is 1. The summed E-state index contributed by atoms with van der Waals surface area (Å²) in [5.74, 6) is -1.55. The maximum absolute atomic E-state index is 13.1. The number of halogens is 2. The topological polar surface area (TPSA) is 62.8 Å². The minimum Gasteiger partial charge on any atom is -0.341 e. The summed E-state index contributed by atoms with van der Waals surface area (Å²) in [4.78, 5) is 6.88. The average Bonchev–Trinajstić information content (AvgIpc) is 2.71. The van der Waals surface area contributed by atoms with Gasteiger partial charge in [-0.25, -0.2) is 22.2 Å². The zero-order valence-corrected chi connectivity index (χ0v) is 10.8. The van der Waals surface area contributed by atoms with E-state index in [1.165, 1.54) is 0 Å². The fourth-order valence-electron chi connectivity index (χ4n) is 2.44. The molecule has 1 aromatic carbocycles. The summed E-state index contributed by atoms with van der Waals surface area (Å²) in [7, 11) is -3.23. The number of sulfone groups is 1. The Balaban J connectivity index is 2.10. The molecule has 1 N–H and O–H groups in total. The summed E-state index contributed by atoms with van der Waals surface area (Å²) < 4.78 is 50.2. The highest BCUT2D eigenvalue weighted by Crippen LogP contribution is 2.32. The van der Waals surface area contributed by atoms with E-state index in [0.717, 1.165) is 18.6 Å². The third-order valence-corrected chi connectivity index (χ3v) is 5.61. The Hall–Kier alpha value is -1.50. The van der Waals surface area contributed by atoms with Crippen LogP contribution >= 0.6 is 0 Å². The Morgan fingerprint density at radius 2 is 1.95 bits per heavy atom. The number of aromatic amines is 1. The number of nitrogens with zero attached hydrogens (tertiary/aromatic N) is 1. The summed E-state index contributed by atoms with van der Waals surface area (Å²) in [5.41, 5.74) is 0.560. The number of aromatic nitrogens is 2. The Kier molecular flexibility index (Phi) is 2.81. The van der Waals surface area contributed by atoms with E-state index in [1.54, 1.807) is 0 Å². The molecule has 1 atom stereocenters. The highest BCUT2D eigenvalue weighted by molar-refractivity contribution is 7.91. The summed E-state index contributed by atoms with van der Waals surface area (Å²) in [6.45, 7) is 0. The second-order valence-corrected chi connectivity index (χ2v) is 7.06. The molecule has 1 unspecified atom stereocenters. The third kappa shape index (κ3) is 2.11. The average molecular weight is 286 g/mol. The standard InChI is InChI=1S/C12H12F2N2O2S/c13-7-5-9-10(6-8(7)14)16-12(15-9)11-3-1-2-4-19(11,17)18/h5-6,11H,1-4H2,(H,15,16). The van der Waals surface area contributed by atoms with Crippen LogP contribution in [0.3, 0.4) is 0 Å². The lowest BCUT2D eigenvalue weighted by Crippen LogP contribution is -2.22. The first-order chi connectivity index (χ1) is 8.97. The zero-order valence-electron chi connectivity index (χ0n) is 9.99. The maximum Gasteiger partial charge on any atom is 0.161 e. The minimum absolute atomic E-state index is 0.136. The van der Waals surface area contributed by atoms with Crippen LogP contribution in [-0.4, -0.2) is 24.1 Å². The predicted molar refractivity (Wildman–Crippen MR) is 66.4 cm³/mol. The SMILES string of the molecule is O=S1(=O)CCCCC1c1nc2cc(F)c(F)cc2[nH]1. The van der Waals surface area contributed by atoms with E-state index in [4.69, 9.17) is 0 Å². The molecule has 1 aliphatic rings. The molecule has 0 amide bonds. The van der Waals surface area contributed by atoms with Gasteiger partial charge in [-0.1, -0.05) is 6.42 Å². The van der Waals surface area contributed by atoms with E-state index in [1.807, 2.05) is 0 Å². The molecule has 2 heterocycles. The Morgan fingerprint density at radius 1 is 1.21 bits per heavy atom. The number of H-pyrrole nitrogens is 1. The lowest BCUT2D eigenvalue weighted by molar-refractivity contribution is 0.510. The van der Waals surface area contributed by atoms with Crippen molar-refractivity contribution < 1.29 is 17.2 Å². The van der Waals surface area contributed by atoms with Crippen molar-refractivity contribution >= 4 is 20.9 Å². The molecule has 102 valence electrons. The van der Waals surface area contributed by atoms with Crippen molar-refractivity contribution in [2.24, 2.45) is 0 Å². The molecule has 0 saturated carbocycles. The smallest absolute Gasteiger partial charge is 0.161 e. The second kappa shape index (κ2) is 4.26. The molecular weight excluding hydrogens is 274 g/mol. The predicted octanol–water partition coefficient (Wildman–Crippen LogP) is 2.48. The quantitative estimate of drug-likeness (QED) is 0.876. The number of fused-ring (bicyclic) bond motifs is 1. The maximum atomic E-state index is 13.1. The second-order valence-electron chi connectivity index (χ2n) is 4.76. The number of nitrogens with one attached hydrogen (secondary N) is 1. The Morgan fingerprint density at radius 3 is 2.68 bits per heavy atom. The van der Waals surface area contributed by atoms with Crippen molar-refractivity contribution in [3.8, 4) is 0 Å². The van der Waals surface area contributed by atoms with Gasteiger partial charge in [-0.2, -0.15) is 0 Å². The van der Waals surface area contributed by atoms with Gasteiger partial charge in [-0.05, 0) is 12.8 Å². The van der Waals surface area contributed by atoms with Crippen LogP contribution in [0.5, 0.6) is 0 Å². The van der Waals surface area contributed by atoms with Gasteiger partial charge in [0.25, 0.3) is 0 Å². The fraction of sp³-hybridized carbons (Fsp3) is 0.417. The summed E-state index contributed by atoms with van der Waals surface area (Å²) in [6.07, 6.45) is 1.96. The Bertz CT molecular complexity index is 701. The summed E-state index contributed by atoms with van der Waals surface area (Å²) in [6, 6.07) is 1.97. The van der Waals surface area contributed by atoms with Crippen LogP contribution in [0.25, 0.3) is 11.0 Å². The van der Waals surface area contributed by atoms with Gasteiger partial charge in [0.15, 0.2) is 21.5 Å². The fourth-order valence-corrected chi connectivity index (χ4v) is 4.31. The molecule has 0 spiro atoms. The van der Waals surface area contributed by atoms with E-state index in [-0.39, 0.29) is 17.1 Å². The molecule has 2 aromatic rings. The number of rotatable bonds is 1. The van der Waals surface area contributed by atoms with Crippen molar-refractivity contribution in [1.82, 2.24) is 9.97 Å². The van der Waals surface area contributed by atoms with Gasteiger partial charge >= 0.3 is 0 Å². The molecule has 1 fully saturated rings. The van der Waals surface area contributed by atoms with Gasteiger partial charge in [-0.15, -0.1) is 0 Å². The van der Waals surface area contributed by atoms with Crippen LogP contribution in [0.2, 0.25) is 0 Å². The number of hydrogen-bond acceptors (Lipinski definition) is 3. The molecule has 4 nitrogen and oxygen atoms in total. The van der Waals surface area contributed by atoms with Crippen molar-refractivity contribution in [2.75, 3.05) is 5.75 Å². The molecule has 1 aromatic heterocycles. The lowest BCUT2D eigenvalue weighted by Gasteiger charge is -2.19. The van der Waals surface area contributed by atoms with Gasteiger partial charge in [0.2, 0.25) is 0 Å². The minimum atomic E-state index is -3.23.